The van der Waals surface area contributed by atoms with E-state index in [4.69, 9.17) is 8.83 Å². The minimum Gasteiger partial charge on any atom is -0.459 e. The van der Waals surface area contributed by atoms with Gasteiger partial charge in [-0.2, -0.15) is 10.2 Å². The molecule has 2 aromatic heterocycles. The minimum atomic E-state index is -0.0581. The number of hydrogen-bond donors (Lipinski definition) is 1. The van der Waals surface area contributed by atoms with Crippen molar-refractivity contribution in [2.75, 3.05) is 32.1 Å². The Morgan fingerprint density at radius 1 is 1.22 bits per heavy atom. The number of oxazole rings is 1. The molecule has 0 aliphatic carbocycles. The molecule has 0 saturated carbocycles. The molecule has 0 bridgehead atoms. The van der Waals surface area contributed by atoms with Gasteiger partial charge in [-0.25, -0.2) is 0 Å². The average molecular weight is 434 g/mol. The molecule has 4 rings (SSSR count). The Bertz CT molecular complexity index is 1070. The first kappa shape index (κ1) is 21.7. The fourth-order valence-electron chi connectivity index (χ4n) is 3.91. The molecule has 8 heteroatoms. The second-order valence-electron chi connectivity index (χ2n) is 8.30. The van der Waals surface area contributed by atoms with Gasteiger partial charge in [-0.3, -0.25) is 4.79 Å². The quantitative estimate of drug-likeness (QED) is 0.610. The summed E-state index contributed by atoms with van der Waals surface area (Å²) >= 11 is 0. The van der Waals surface area contributed by atoms with Crippen LogP contribution in [0.4, 0.5) is 5.88 Å². The van der Waals surface area contributed by atoms with Gasteiger partial charge in [0.2, 0.25) is 17.5 Å². The molecule has 3 heterocycles. The van der Waals surface area contributed by atoms with E-state index in [1.807, 2.05) is 19.0 Å². The van der Waals surface area contributed by atoms with Crippen molar-refractivity contribution >= 4 is 11.8 Å². The number of amides is 1. The van der Waals surface area contributed by atoms with Crippen LogP contribution in [0.5, 0.6) is 0 Å². The van der Waals surface area contributed by atoms with E-state index in [-0.39, 0.29) is 23.4 Å². The van der Waals surface area contributed by atoms with Crippen LogP contribution in [0, 0.1) is 17.2 Å². The van der Waals surface area contributed by atoms with Crippen LogP contribution in [-0.4, -0.2) is 43.0 Å². The average Bonchev–Trinajstić information content (AvgIpc) is 3.48. The Kier molecular flexibility index (Phi) is 6.57. The molecule has 0 unspecified atom stereocenters. The number of piperidine rings is 1. The summed E-state index contributed by atoms with van der Waals surface area (Å²) in [5.41, 5.74) is 2.57. The first-order valence-corrected chi connectivity index (χ1v) is 10.7. The number of nitriles is 1. The summed E-state index contributed by atoms with van der Waals surface area (Å²) in [7, 11) is 4.09. The van der Waals surface area contributed by atoms with Gasteiger partial charge in [0.1, 0.15) is 6.07 Å². The number of hydrogen-bond acceptors (Lipinski definition) is 7. The molecule has 0 radical (unpaired) electrons. The lowest BCUT2D eigenvalue weighted by molar-refractivity contribution is -0.125. The Labute approximate surface area is 187 Å². The number of rotatable bonds is 7. The third-order valence-corrected chi connectivity index (χ3v) is 5.59. The summed E-state index contributed by atoms with van der Waals surface area (Å²) < 4.78 is 11.1. The molecule has 1 saturated heterocycles. The van der Waals surface area contributed by atoms with Gasteiger partial charge in [-0.15, -0.1) is 0 Å². The number of benzene rings is 1. The second kappa shape index (κ2) is 9.71. The van der Waals surface area contributed by atoms with Crippen molar-refractivity contribution in [3.63, 3.8) is 0 Å². The number of furan rings is 1. The highest BCUT2D eigenvalue weighted by Crippen LogP contribution is 2.31. The van der Waals surface area contributed by atoms with E-state index in [0.717, 1.165) is 12.1 Å². The lowest BCUT2D eigenvalue weighted by Crippen LogP contribution is -2.40. The zero-order valence-corrected chi connectivity index (χ0v) is 18.4. The maximum atomic E-state index is 12.7. The molecule has 0 spiro atoms. The monoisotopic (exact) mass is 433 g/mol. The number of carbonyl (C=O) groups is 1. The Hall–Kier alpha value is -3.57. The summed E-state index contributed by atoms with van der Waals surface area (Å²) in [6.07, 6.45) is 2.91. The van der Waals surface area contributed by atoms with Crippen molar-refractivity contribution in [1.82, 2.24) is 15.2 Å². The standard InChI is InChI=1S/C24H27N5O3/c1-28(2)16-18-7-5-17(6-8-18)15-26-22(30)19-9-11-29(12-10-19)24-20(14-25)27-23(32-24)21-4-3-13-31-21/h3-8,13,19H,9-12,15-16H2,1-2H3,(H,26,30). The third kappa shape index (κ3) is 5.01. The number of aromatic nitrogens is 1. The van der Waals surface area contributed by atoms with E-state index >= 15 is 0 Å². The van der Waals surface area contributed by atoms with Gasteiger partial charge >= 0.3 is 0 Å². The number of nitrogens with zero attached hydrogens (tertiary/aromatic N) is 4. The molecule has 32 heavy (non-hydrogen) atoms. The predicted octanol–water partition coefficient (Wildman–Crippen LogP) is 3.40. The molecule has 166 valence electrons. The van der Waals surface area contributed by atoms with Crippen LogP contribution < -0.4 is 10.2 Å². The minimum absolute atomic E-state index is 0.0581. The van der Waals surface area contributed by atoms with Gasteiger partial charge in [-0.05, 0) is 50.2 Å². The van der Waals surface area contributed by atoms with Gasteiger partial charge in [0.25, 0.3) is 5.89 Å². The van der Waals surface area contributed by atoms with Crippen molar-refractivity contribution < 1.29 is 13.6 Å². The van der Waals surface area contributed by atoms with Crippen LogP contribution in [0.25, 0.3) is 11.7 Å². The first-order chi connectivity index (χ1) is 15.5. The van der Waals surface area contributed by atoms with Crippen molar-refractivity contribution in [2.45, 2.75) is 25.9 Å². The van der Waals surface area contributed by atoms with E-state index in [2.05, 4.69) is 45.5 Å². The lowest BCUT2D eigenvalue weighted by Gasteiger charge is -2.31. The fourth-order valence-corrected chi connectivity index (χ4v) is 3.91. The Morgan fingerprint density at radius 3 is 2.56 bits per heavy atom. The normalized spacial score (nSPS) is 14.5. The molecule has 3 aromatic rings. The largest absolute Gasteiger partial charge is 0.459 e. The summed E-state index contributed by atoms with van der Waals surface area (Å²) in [6, 6.07) is 13.9. The highest BCUT2D eigenvalue weighted by Gasteiger charge is 2.29. The van der Waals surface area contributed by atoms with Crippen molar-refractivity contribution in [2.24, 2.45) is 5.92 Å². The predicted molar refractivity (Wildman–Crippen MR) is 120 cm³/mol. The summed E-state index contributed by atoms with van der Waals surface area (Å²) in [6.45, 7) is 2.67. The molecule has 1 fully saturated rings. The van der Waals surface area contributed by atoms with E-state index in [1.165, 1.54) is 11.8 Å². The van der Waals surface area contributed by atoms with Gasteiger partial charge < -0.3 is 24.0 Å². The van der Waals surface area contributed by atoms with Gasteiger partial charge in [0.15, 0.2) is 5.76 Å². The van der Waals surface area contributed by atoms with E-state index in [1.54, 1.807) is 12.1 Å². The lowest BCUT2D eigenvalue weighted by atomic mass is 9.96. The van der Waals surface area contributed by atoms with Crippen LogP contribution in [0.2, 0.25) is 0 Å². The molecular weight excluding hydrogens is 406 g/mol. The number of anilines is 1. The van der Waals surface area contributed by atoms with Gasteiger partial charge in [0.05, 0.1) is 6.26 Å². The maximum absolute atomic E-state index is 12.7. The molecule has 0 atom stereocenters. The number of carbonyl (C=O) groups excluding carboxylic acids is 1. The van der Waals surface area contributed by atoms with Crippen molar-refractivity contribution in [1.29, 1.82) is 5.26 Å². The summed E-state index contributed by atoms with van der Waals surface area (Å²) in [5, 5.41) is 12.5. The van der Waals surface area contributed by atoms with Gasteiger partial charge in [0, 0.05) is 32.1 Å². The molecule has 8 nitrogen and oxygen atoms in total. The molecule has 1 aromatic carbocycles. The summed E-state index contributed by atoms with van der Waals surface area (Å²) in [5.74, 6) is 1.22. The zero-order valence-electron chi connectivity index (χ0n) is 18.4. The number of nitrogens with one attached hydrogen (secondary N) is 1. The van der Waals surface area contributed by atoms with Crippen LogP contribution >= 0.6 is 0 Å². The van der Waals surface area contributed by atoms with Crippen LogP contribution in [0.3, 0.4) is 0 Å². The van der Waals surface area contributed by atoms with Crippen molar-refractivity contribution in [3.05, 3.63) is 59.5 Å². The van der Waals surface area contributed by atoms with Gasteiger partial charge in [-0.1, -0.05) is 24.3 Å². The van der Waals surface area contributed by atoms with E-state index < -0.39 is 0 Å². The Balaban J connectivity index is 1.30. The molecule has 1 aliphatic rings. The molecular formula is C24H27N5O3. The van der Waals surface area contributed by atoms with Crippen LogP contribution in [0.1, 0.15) is 29.7 Å². The third-order valence-electron chi connectivity index (χ3n) is 5.59. The molecule has 1 N–H and O–H groups in total. The molecule has 1 aliphatic heterocycles. The molecule has 1 amide bonds. The van der Waals surface area contributed by atoms with Crippen LogP contribution in [0.15, 0.2) is 51.5 Å². The highest BCUT2D eigenvalue weighted by molar-refractivity contribution is 5.79. The smallest absolute Gasteiger partial charge is 0.266 e. The summed E-state index contributed by atoms with van der Waals surface area (Å²) in [4.78, 5) is 21.0. The zero-order chi connectivity index (χ0) is 22.5. The fraction of sp³-hybridized carbons (Fsp3) is 0.375. The maximum Gasteiger partial charge on any atom is 0.266 e. The SMILES string of the molecule is CN(C)Cc1ccc(CNC(=O)C2CCN(c3oc(-c4ccco4)nc3C#N)CC2)cc1. The van der Waals surface area contributed by atoms with Crippen molar-refractivity contribution in [3.8, 4) is 17.7 Å². The second-order valence-corrected chi connectivity index (χ2v) is 8.30. The topological polar surface area (TPSA) is 98.5 Å². The van der Waals surface area contributed by atoms with E-state index in [9.17, 15) is 10.1 Å². The van der Waals surface area contributed by atoms with Crippen LogP contribution in [-0.2, 0) is 17.9 Å². The highest BCUT2D eigenvalue weighted by atomic mass is 16.4. The Morgan fingerprint density at radius 2 is 1.94 bits per heavy atom. The first-order valence-electron chi connectivity index (χ1n) is 10.7. The van der Waals surface area contributed by atoms with E-state index in [0.29, 0.717) is 44.1 Å².